The zero-order chi connectivity index (χ0) is 21.5. The topological polar surface area (TPSA) is 56.4 Å². The van der Waals surface area contributed by atoms with Crippen LogP contribution in [-0.2, 0) is 6.54 Å². The quantitative estimate of drug-likeness (QED) is 0.599. The number of halogens is 1. The highest BCUT2D eigenvalue weighted by Crippen LogP contribution is 2.50. The molecule has 3 aromatic rings. The molecule has 5 nitrogen and oxygen atoms in total. The molecule has 3 N–H and O–H groups in total. The van der Waals surface area contributed by atoms with Gasteiger partial charge in [0.15, 0.2) is 0 Å². The third-order valence-corrected chi connectivity index (χ3v) is 6.12. The van der Waals surface area contributed by atoms with Crippen LogP contribution in [0.2, 0.25) is 0 Å². The number of nitrogens with zero attached hydrogens (tertiary/aromatic N) is 1. The van der Waals surface area contributed by atoms with Gasteiger partial charge in [-0.25, -0.2) is 9.82 Å². The SMILES string of the molecule is CN(C)Cc1ccc(C2Nc3cccc4c3C(NNC4=O)C2c2ccc(F)cc2)cc1. The molecule has 0 saturated heterocycles. The molecule has 3 unspecified atom stereocenters. The normalized spacial score (nSPS) is 21.9. The largest absolute Gasteiger partial charge is 0.377 e. The Morgan fingerprint density at radius 1 is 0.903 bits per heavy atom. The number of rotatable bonds is 4. The molecule has 0 aromatic heterocycles. The standard InChI is InChI=1S/C25H25FN4O/c1-30(2)14-15-6-8-17(9-7-15)23-21(16-10-12-18(26)13-11-16)24-22-19(25(31)29-28-24)4-3-5-20(22)27-23/h3-13,21,23-24,27-28H,14H2,1-2H3,(H,29,31). The van der Waals surface area contributed by atoms with Crippen LogP contribution in [0, 0.1) is 5.82 Å². The van der Waals surface area contributed by atoms with Gasteiger partial charge in [0, 0.05) is 29.3 Å². The van der Waals surface area contributed by atoms with Gasteiger partial charge in [-0.05, 0) is 55.1 Å². The minimum Gasteiger partial charge on any atom is -0.377 e. The van der Waals surface area contributed by atoms with E-state index in [2.05, 4.69) is 59.4 Å². The second-order valence-electron chi connectivity index (χ2n) is 8.52. The van der Waals surface area contributed by atoms with Crippen LogP contribution in [0.5, 0.6) is 0 Å². The van der Waals surface area contributed by atoms with E-state index in [-0.39, 0.29) is 29.7 Å². The summed E-state index contributed by atoms with van der Waals surface area (Å²) in [5.74, 6) is -0.447. The number of hydrazine groups is 1. The molecule has 0 fully saturated rings. The van der Waals surface area contributed by atoms with Crippen molar-refractivity contribution in [1.82, 2.24) is 15.8 Å². The van der Waals surface area contributed by atoms with E-state index in [4.69, 9.17) is 0 Å². The Bertz CT molecular complexity index is 1110. The van der Waals surface area contributed by atoms with Crippen LogP contribution in [0.15, 0.2) is 66.7 Å². The molecule has 2 aliphatic heterocycles. The first-order chi connectivity index (χ1) is 15.0. The van der Waals surface area contributed by atoms with Gasteiger partial charge in [0.25, 0.3) is 5.91 Å². The summed E-state index contributed by atoms with van der Waals surface area (Å²) in [6, 6.07) is 20.9. The Labute approximate surface area is 181 Å². The van der Waals surface area contributed by atoms with Crippen molar-refractivity contribution in [3.8, 4) is 0 Å². The van der Waals surface area contributed by atoms with E-state index in [1.165, 1.54) is 17.7 Å². The Hall–Kier alpha value is -3.22. The third kappa shape index (κ3) is 3.58. The van der Waals surface area contributed by atoms with Gasteiger partial charge in [0.05, 0.1) is 12.1 Å². The zero-order valence-electron chi connectivity index (χ0n) is 17.5. The molecule has 0 aliphatic carbocycles. The number of hydrogen-bond donors (Lipinski definition) is 3. The van der Waals surface area contributed by atoms with Crippen molar-refractivity contribution in [3.63, 3.8) is 0 Å². The summed E-state index contributed by atoms with van der Waals surface area (Å²) in [4.78, 5) is 14.6. The van der Waals surface area contributed by atoms with Gasteiger partial charge in [-0.2, -0.15) is 0 Å². The van der Waals surface area contributed by atoms with Gasteiger partial charge < -0.3 is 10.2 Å². The van der Waals surface area contributed by atoms with Gasteiger partial charge in [-0.3, -0.25) is 10.2 Å². The van der Waals surface area contributed by atoms with E-state index in [1.54, 1.807) is 0 Å². The van der Waals surface area contributed by atoms with Crippen molar-refractivity contribution in [1.29, 1.82) is 0 Å². The predicted octanol–water partition coefficient (Wildman–Crippen LogP) is 4.13. The van der Waals surface area contributed by atoms with Gasteiger partial charge in [0.1, 0.15) is 5.82 Å². The molecule has 3 aromatic carbocycles. The molecule has 158 valence electrons. The molecule has 0 saturated carbocycles. The first-order valence-corrected chi connectivity index (χ1v) is 10.5. The molecule has 31 heavy (non-hydrogen) atoms. The summed E-state index contributed by atoms with van der Waals surface area (Å²) >= 11 is 0. The molecule has 2 heterocycles. The van der Waals surface area contributed by atoms with Crippen LogP contribution in [-0.4, -0.2) is 24.9 Å². The lowest BCUT2D eigenvalue weighted by Gasteiger charge is -2.44. The maximum Gasteiger partial charge on any atom is 0.265 e. The second kappa shape index (κ2) is 7.80. The van der Waals surface area contributed by atoms with Crippen LogP contribution in [0.1, 0.15) is 50.6 Å². The van der Waals surface area contributed by atoms with E-state index in [1.807, 2.05) is 30.3 Å². The first kappa shape index (κ1) is 19.7. The van der Waals surface area contributed by atoms with E-state index >= 15 is 0 Å². The highest BCUT2D eigenvalue weighted by molar-refractivity contribution is 5.98. The maximum atomic E-state index is 13.7. The van der Waals surface area contributed by atoms with Crippen molar-refractivity contribution in [2.24, 2.45) is 0 Å². The molecule has 0 spiro atoms. The number of hydrogen-bond acceptors (Lipinski definition) is 4. The molecule has 2 aliphatic rings. The molecule has 3 atom stereocenters. The lowest BCUT2D eigenvalue weighted by molar-refractivity contribution is 0.0899. The lowest BCUT2D eigenvalue weighted by atomic mass is 9.74. The van der Waals surface area contributed by atoms with Gasteiger partial charge in [-0.1, -0.05) is 42.5 Å². The van der Waals surface area contributed by atoms with Gasteiger partial charge >= 0.3 is 0 Å². The summed E-state index contributed by atoms with van der Waals surface area (Å²) in [5, 5.41) is 3.67. The van der Waals surface area contributed by atoms with Crippen LogP contribution < -0.4 is 16.2 Å². The van der Waals surface area contributed by atoms with Gasteiger partial charge in [0.2, 0.25) is 0 Å². The smallest absolute Gasteiger partial charge is 0.265 e. The molecule has 0 radical (unpaired) electrons. The molecule has 0 bridgehead atoms. The fraction of sp³-hybridized carbons (Fsp3) is 0.240. The Kier molecular flexibility index (Phi) is 4.96. The van der Waals surface area contributed by atoms with Crippen molar-refractivity contribution in [3.05, 3.63) is 100 Å². The van der Waals surface area contributed by atoms with Crippen molar-refractivity contribution in [2.75, 3.05) is 19.4 Å². The average molecular weight is 417 g/mol. The minimum absolute atomic E-state index is 0.0467. The van der Waals surface area contributed by atoms with E-state index in [0.29, 0.717) is 5.56 Å². The highest BCUT2D eigenvalue weighted by atomic mass is 19.1. The van der Waals surface area contributed by atoms with E-state index in [0.717, 1.165) is 28.9 Å². The Morgan fingerprint density at radius 2 is 1.61 bits per heavy atom. The number of carbonyl (C=O) groups excluding carboxylic acids is 1. The summed E-state index contributed by atoms with van der Waals surface area (Å²) in [6.45, 7) is 0.877. The van der Waals surface area contributed by atoms with Crippen molar-refractivity contribution >= 4 is 11.6 Å². The monoisotopic (exact) mass is 416 g/mol. The number of amides is 1. The van der Waals surface area contributed by atoms with E-state index in [9.17, 15) is 9.18 Å². The molecular formula is C25H25FN4O. The summed E-state index contributed by atoms with van der Waals surface area (Å²) in [6.07, 6.45) is 0. The van der Waals surface area contributed by atoms with Crippen LogP contribution >= 0.6 is 0 Å². The highest BCUT2D eigenvalue weighted by Gasteiger charge is 2.42. The fourth-order valence-corrected chi connectivity index (χ4v) is 4.78. The van der Waals surface area contributed by atoms with E-state index < -0.39 is 0 Å². The molecular weight excluding hydrogens is 391 g/mol. The summed E-state index contributed by atoms with van der Waals surface area (Å²) in [5.41, 5.74) is 12.0. The second-order valence-corrected chi connectivity index (χ2v) is 8.52. The maximum absolute atomic E-state index is 13.7. The summed E-state index contributed by atoms with van der Waals surface area (Å²) in [7, 11) is 4.11. The predicted molar refractivity (Wildman–Crippen MR) is 119 cm³/mol. The summed E-state index contributed by atoms with van der Waals surface area (Å²) < 4.78 is 13.7. The van der Waals surface area contributed by atoms with Crippen LogP contribution in [0.3, 0.4) is 0 Å². The first-order valence-electron chi connectivity index (χ1n) is 10.5. The average Bonchev–Trinajstić information content (AvgIpc) is 2.77. The number of anilines is 1. The fourth-order valence-electron chi connectivity index (χ4n) is 4.78. The third-order valence-electron chi connectivity index (χ3n) is 6.12. The molecule has 5 rings (SSSR count). The number of benzene rings is 3. The Balaban J connectivity index is 1.62. The lowest BCUT2D eigenvalue weighted by Crippen LogP contribution is -2.50. The molecule has 1 amide bonds. The van der Waals surface area contributed by atoms with Gasteiger partial charge in [-0.15, -0.1) is 0 Å². The van der Waals surface area contributed by atoms with Crippen molar-refractivity contribution in [2.45, 2.75) is 24.5 Å². The van der Waals surface area contributed by atoms with Crippen molar-refractivity contribution < 1.29 is 9.18 Å². The molecule has 6 heteroatoms. The van der Waals surface area contributed by atoms with Crippen LogP contribution in [0.4, 0.5) is 10.1 Å². The number of nitrogens with one attached hydrogen (secondary N) is 3. The van der Waals surface area contributed by atoms with Crippen LogP contribution in [0.25, 0.3) is 0 Å². The number of carbonyl (C=O) groups is 1. The minimum atomic E-state index is -0.261. The zero-order valence-corrected chi connectivity index (χ0v) is 17.5. The Morgan fingerprint density at radius 3 is 2.32 bits per heavy atom.